The van der Waals surface area contributed by atoms with Crippen LogP contribution in [0.5, 0.6) is 0 Å². The summed E-state index contributed by atoms with van der Waals surface area (Å²) in [6.07, 6.45) is 5.83. The number of rotatable bonds is 7. The Balaban J connectivity index is 0.000000221. The minimum absolute atomic E-state index is 0.168. The van der Waals surface area contributed by atoms with Crippen LogP contribution in [0.3, 0.4) is 0 Å². The van der Waals surface area contributed by atoms with Gasteiger partial charge in [-0.05, 0) is 61.2 Å². The Morgan fingerprint density at radius 3 is 2.39 bits per heavy atom. The third kappa shape index (κ3) is 9.30. The Bertz CT molecular complexity index is 758. The summed E-state index contributed by atoms with van der Waals surface area (Å²) in [6.45, 7) is 3.33. The van der Waals surface area contributed by atoms with Crippen molar-refractivity contribution in [3.8, 4) is 0 Å². The molecule has 156 valence electrons. The Hall–Kier alpha value is -1.25. The van der Waals surface area contributed by atoms with Gasteiger partial charge in [0.15, 0.2) is 0 Å². The van der Waals surface area contributed by atoms with E-state index in [1.807, 2.05) is 0 Å². The lowest BCUT2D eigenvalue weighted by Crippen LogP contribution is -2.30. The van der Waals surface area contributed by atoms with Crippen molar-refractivity contribution in [2.75, 3.05) is 7.05 Å². The highest BCUT2D eigenvalue weighted by Crippen LogP contribution is 2.20. The number of benzene rings is 1. The van der Waals surface area contributed by atoms with Crippen molar-refractivity contribution in [1.82, 2.24) is 4.90 Å². The van der Waals surface area contributed by atoms with Crippen LogP contribution in [-0.4, -0.2) is 32.5 Å². The quantitative estimate of drug-likeness (QED) is 0.717. The van der Waals surface area contributed by atoms with Gasteiger partial charge in [0.1, 0.15) is 0 Å². The molecule has 1 aliphatic rings. The maximum atomic E-state index is 10.5. The van der Waals surface area contributed by atoms with Gasteiger partial charge in [-0.1, -0.05) is 49.6 Å². The van der Waals surface area contributed by atoms with Crippen LogP contribution in [0.15, 0.2) is 47.2 Å². The lowest BCUT2D eigenvalue weighted by Gasteiger charge is -2.24. The molecule has 1 aliphatic carbocycles. The molecule has 1 atom stereocenters. The number of hydrogen-bond acceptors (Lipinski definition) is 5. The Morgan fingerprint density at radius 2 is 1.82 bits per heavy atom. The molecule has 2 N–H and O–H groups in total. The zero-order valence-electron chi connectivity index (χ0n) is 16.8. The van der Waals surface area contributed by atoms with Crippen molar-refractivity contribution in [3.63, 3.8) is 0 Å². The summed E-state index contributed by atoms with van der Waals surface area (Å²) in [5.74, 6) is 0. The number of thiophene rings is 1. The summed E-state index contributed by atoms with van der Waals surface area (Å²) in [6, 6.07) is 13.5. The number of nitrogens with zero attached hydrogens (tertiary/aromatic N) is 1. The van der Waals surface area contributed by atoms with Crippen molar-refractivity contribution in [2.24, 2.45) is 5.14 Å². The van der Waals surface area contributed by atoms with Crippen LogP contribution in [0.4, 0.5) is 0 Å². The summed E-state index contributed by atoms with van der Waals surface area (Å²) in [5, 5.41) is 9.09. The van der Waals surface area contributed by atoms with E-state index in [1.165, 1.54) is 17.5 Å². The molecule has 7 heteroatoms. The van der Waals surface area contributed by atoms with Gasteiger partial charge in [0.2, 0.25) is 0 Å². The van der Waals surface area contributed by atoms with Crippen molar-refractivity contribution < 1.29 is 12.6 Å². The minimum atomic E-state index is -3.72. The first kappa shape index (κ1) is 23.0. The van der Waals surface area contributed by atoms with Crippen LogP contribution in [-0.2, 0) is 27.5 Å². The van der Waals surface area contributed by atoms with Crippen LogP contribution >= 0.6 is 11.3 Å². The zero-order chi connectivity index (χ0) is 20.4. The molecular weight excluding hydrogens is 392 g/mol. The van der Waals surface area contributed by atoms with Gasteiger partial charge in [0.05, 0.1) is 6.10 Å². The molecule has 1 saturated carbocycles. The molecule has 1 fully saturated rings. The monoisotopic (exact) mass is 424 g/mol. The van der Waals surface area contributed by atoms with Gasteiger partial charge in [-0.2, -0.15) is 19.8 Å². The second-order valence-corrected chi connectivity index (χ2v) is 9.39. The van der Waals surface area contributed by atoms with E-state index in [0.29, 0.717) is 6.04 Å². The molecule has 28 heavy (non-hydrogen) atoms. The lowest BCUT2D eigenvalue weighted by atomic mass is 9.98. The van der Waals surface area contributed by atoms with Gasteiger partial charge in [-0.3, -0.25) is 9.08 Å². The van der Waals surface area contributed by atoms with Crippen molar-refractivity contribution in [1.29, 1.82) is 0 Å². The van der Waals surface area contributed by atoms with Crippen molar-refractivity contribution in [2.45, 2.75) is 64.1 Å². The highest BCUT2D eigenvalue weighted by molar-refractivity contribution is 7.84. The first-order chi connectivity index (χ1) is 13.3. The van der Waals surface area contributed by atoms with E-state index in [-0.39, 0.29) is 6.10 Å². The maximum Gasteiger partial charge on any atom is 0.333 e. The molecular formula is C21H32N2O3S2. The standard InChI is InChI=1S/C15H19NS.C6H13NO3S/c1-13(10-14-6-4-3-5-7-14)16(2)11-15-8-9-17-12-15;7-11(8,9)10-6-4-2-1-3-5-6/h3-9,12-13H,10-11H2,1-2H3;6H,1-5H2,(H2,7,8,9). The van der Waals surface area contributed by atoms with Crippen LogP contribution in [0.2, 0.25) is 0 Å². The average Bonchev–Trinajstić information content (AvgIpc) is 3.15. The Morgan fingerprint density at radius 1 is 1.14 bits per heavy atom. The fourth-order valence-electron chi connectivity index (χ4n) is 3.29. The molecule has 0 saturated heterocycles. The number of hydrogen-bond donors (Lipinski definition) is 1. The van der Waals surface area contributed by atoms with Gasteiger partial charge in [-0.15, -0.1) is 0 Å². The zero-order valence-corrected chi connectivity index (χ0v) is 18.4. The molecule has 3 rings (SSSR count). The second-order valence-electron chi connectivity index (χ2n) is 7.43. The largest absolute Gasteiger partial charge is 0.333 e. The highest BCUT2D eigenvalue weighted by Gasteiger charge is 2.18. The summed E-state index contributed by atoms with van der Waals surface area (Å²) in [4.78, 5) is 2.41. The Kier molecular flexibility index (Phi) is 9.61. The molecule has 1 unspecified atom stereocenters. The van der Waals surface area contributed by atoms with E-state index >= 15 is 0 Å². The molecule has 0 bridgehead atoms. The number of nitrogens with two attached hydrogens (primary N) is 1. The second kappa shape index (κ2) is 11.7. The molecule has 0 radical (unpaired) electrons. The normalized spacial score (nSPS) is 16.4. The van der Waals surface area contributed by atoms with Crippen LogP contribution < -0.4 is 5.14 Å². The van der Waals surface area contributed by atoms with Gasteiger partial charge in [-0.25, -0.2) is 5.14 Å². The molecule has 1 aromatic carbocycles. The maximum absolute atomic E-state index is 10.5. The van der Waals surface area contributed by atoms with Gasteiger partial charge in [0, 0.05) is 12.6 Å². The summed E-state index contributed by atoms with van der Waals surface area (Å²) in [7, 11) is -1.52. The van der Waals surface area contributed by atoms with Crippen LogP contribution in [0.1, 0.15) is 50.2 Å². The van der Waals surface area contributed by atoms with Crippen LogP contribution in [0, 0.1) is 0 Å². The predicted molar refractivity (Wildman–Crippen MR) is 116 cm³/mol. The number of likely N-dealkylation sites (N-methyl/N-ethyl adjacent to an activating group) is 1. The van der Waals surface area contributed by atoms with E-state index in [1.54, 1.807) is 11.3 Å². The molecule has 2 aromatic rings. The van der Waals surface area contributed by atoms with E-state index in [4.69, 9.17) is 5.14 Å². The smallest absolute Gasteiger partial charge is 0.299 e. The molecule has 0 amide bonds. The lowest BCUT2D eigenvalue weighted by molar-refractivity contribution is 0.162. The molecule has 1 aromatic heterocycles. The molecule has 5 nitrogen and oxygen atoms in total. The van der Waals surface area contributed by atoms with Crippen LogP contribution in [0.25, 0.3) is 0 Å². The average molecular weight is 425 g/mol. The SMILES string of the molecule is CC(Cc1ccccc1)N(C)Cc1ccsc1.NS(=O)(=O)OC1CCCCC1. The summed E-state index contributed by atoms with van der Waals surface area (Å²) >= 11 is 1.77. The first-order valence-corrected chi connectivity index (χ1v) is 12.2. The third-order valence-corrected chi connectivity index (χ3v) is 6.23. The van der Waals surface area contributed by atoms with E-state index in [0.717, 1.165) is 38.6 Å². The topological polar surface area (TPSA) is 72.6 Å². The van der Waals surface area contributed by atoms with E-state index in [2.05, 4.69) is 70.2 Å². The minimum Gasteiger partial charge on any atom is -0.299 e. The first-order valence-electron chi connectivity index (χ1n) is 9.80. The predicted octanol–water partition coefficient (Wildman–Crippen LogP) is 4.35. The molecule has 0 spiro atoms. The highest BCUT2D eigenvalue weighted by atomic mass is 32.2. The summed E-state index contributed by atoms with van der Waals surface area (Å²) < 4.78 is 25.5. The summed E-state index contributed by atoms with van der Waals surface area (Å²) in [5.41, 5.74) is 2.83. The van der Waals surface area contributed by atoms with E-state index in [9.17, 15) is 8.42 Å². The van der Waals surface area contributed by atoms with E-state index < -0.39 is 10.3 Å². The fraction of sp³-hybridized carbons (Fsp3) is 0.524. The van der Waals surface area contributed by atoms with Gasteiger partial charge in [0.25, 0.3) is 0 Å². The van der Waals surface area contributed by atoms with Gasteiger partial charge < -0.3 is 0 Å². The van der Waals surface area contributed by atoms with Gasteiger partial charge >= 0.3 is 10.3 Å². The third-order valence-electron chi connectivity index (χ3n) is 4.96. The fourth-order valence-corrected chi connectivity index (χ4v) is 4.52. The molecule has 1 heterocycles. The molecule has 0 aliphatic heterocycles. The van der Waals surface area contributed by atoms with Crippen molar-refractivity contribution in [3.05, 3.63) is 58.3 Å². The van der Waals surface area contributed by atoms with Crippen molar-refractivity contribution >= 4 is 21.6 Å². The Labute approximate surface area is 173 Å².